The van der Waals surface area contributed by atoms with Crippen molar-refractivity contribution in [1.82, 2.24) is 5.06 Å². The molecule has 2 rings (SSSR count). The first-order valence-electron chi connectivity index (χ1n) is 2.86. The fraction of sp³-hybridized carbons (Fsp3) is 1.00. The minimum Gasteiger partial charge on any atom is -0.299 e. The van der Waals surface area contributed by atoms with Gasteiger partial charge in [0.15, 0.2) is 0 Å². The van der Waals surface area contributed by atoms with Gasteiger partial charge in [0.25, 0.3) is 0 Å². The van der Waals surface area contributed by atoms with Crippen molar-refractivity contribution in [1.29, 1.82) is 0 Å². The van der Waals surface area contributed by atoms with Gasteiger partial charge in [-0.05, 0) is 12.8 Å². The van der Waals surface area contributed by atoms with Crippen molar-refractivity contribution < 1.29 is 4.84 Å². The van der Waals surface area contributed by atoms with Crippen molar-refractivity contribution in [3.63, 3.8) is 0 Å². The number of hydrogen-bond donors (Lipinski definition) is 0. The first kappa shape index (κ1) is 3.87. The van der Waals surface area contributed by atoms with E-state index in [-0.39, 0.29) is 0 Å². The largest absolute Gasteiger partial charge is 0.299 e. The molecule has 2 atom stereocenters. The van der Waals surface area contributed by atoms with Gasteiger partial charge in [-0.3, -0.25) is 4.84 Å². The lowest BCUT2D eigenvalue weighted by Crippen LogP contribution is -2.11. The summed E-state index contributed by atoms with van der Waals surface area (Å²) in [6.07, 6.45) is 2.63. The van der Waals surface area contributed by atoms with E-state index in [9.17, 15) is 0 Å². The van der Waals surface area contributed by atoms with Crippen LogP contribution in [0.15, 0.2) is 0 Å². The zero-order valence-electron chi connectivity index (χ0n) is 4.26. The van der Waals surface area contributed by atoms with Gasteiger partial charge in [-0.15, -0.1) is 0 Å². The van der Waals surface area contributed by atoms with E-state index in [2.05, 4.69) is 5.06 Å². The van der Waals surface area contributed by atoms with Gasteiger partial charge < -0.3 is 0 Å². The molecular formula is C5H9NO. The summed E-state index contributed by atoms with van der Waals surface area (Å²) in [5, 5.41) is 2.06. The molecule has 0 aromatic carbocycles. The minimum absolute atomic E-state index is 0.814. The number of hydrogen-bond acceptors (Lipinski definition) is 2. The highest BCUT2D eigenvalue weighted by atomic mass is 16.7. The molecule has 0 radical (unpaired) electrons. The van der Waals surface area contributed by atoms with Crippen LogP contribution < -0.4 is 0 Å². The van der Waals surface area contributed by atoms with Crippen LogP contribution in [0.1, 0.15) is 12.8 Å². The van der Waals surface area contributed by atoms with E-state index in [1.165, 1.54) is 19.4 Å². The SMILES string of the molecule is C1CON2CC2C1. The molecule has 40 valence electrons. The molecule has 0 amide bonds. The van der Waals surface area contributed by atoms with Gasteiger partial charge in [-0.1, -0.05) is 0 Å². The Balaban J connectivity index is 1.95. The number of rotatable bonds is 0. The zero-order chi connectivity index (χ0) is 4.69. The first-order chi connectivity index (χ1) is 3.47. The van der Waals surface area contributed by atoms with Gasteiger partial charge in [-0.2, -0.15) is 5.06 Å². The summed E-state index contributed by atoms with van der Waals surface area (Å²) in [4.78, 5) is 5.19. The average Bonchev–Trinajstić information content (AvgIpc) is 2.41. The Hall–Kier alpha value is -0.0800. The summed E-state index contributed by atoms with van der Waals surface area (Å²) in [7, 11) is 0. The van der Waals surface area contributed by atoms with Crippen LogP contribution in [0.4, 0.5) is 0 Å². The Morgan fingerprint density at radius 2 is 2.57 bits per heavy atom. The van der Waals surface area contributed by atoms with E-state index < -0.39 is 0 Å². The molecular weight excluding hydrogens is 90.1 g/mol. The molecule has 2 nitrogen and oxygen atoms in total. The lowest BCUT2D eigenvalue weighted by atomic mass is 10.2. The number of hydroxylamine groups is 2. The lowest BCUT2D eigenvalue weighted by Gasteiger charge is -2.08. The van der Waals surface area contributed by atoms with Gasteiger partial charge in [0.05, 0.1) is 12.6 Å². The van der Waals surface area contributed by atoms with Gasteiger partial charge >= 0.3 is 0 Å². The summed E-state index contributed by atoms with van der Waals surface area (Å²) in [5.74, 6) is 0. The molecule has 2 unspecified atom stereocenters. The molecule has 0 spiro atoms. The smallest absolute Gasteiger partial charge is 0.0685 e. The van der Waals surface area contributed by atoms with Crippen molar-refractivity contribution in [3.8, 4) is 0 Å². The lowest BCUT2D eigenvalue weighted by molar-refractivity contribution is -0.0956. The quantitative estimate of drug-likeness (QED) is 0.407. The fourth-order valence-electron chi connectivity index (χ4n) is 1.05. The van der Waals surface area contributed by atoms with Crippen LogP contribution in [0.5, 0.6) is 0 Å². The molecule has 2 aliphatic heterocycles. The molecule has 2 heteroatoms. The van der Waals surface area contributed by atoms with Gasteiger partial charge in [0, 0.05) is 6.54 Å². The maximum Gasteiger partial charge on any atom is 0.0685 e. The predicted octanol–water partition coefficient (Wildman–Crippen LogP) is 0.396. The summed E-state index contributed by atoms with van der Waals surface area (Å²) in [6.45, 7) is 2.15. The van der Waals surface area contributed by atoms with Crippen molar-refractivity contribution >= 4 is 0 Å². The van der Waals surface area contributed by atoms with Crippen LogP contribution >= 0.6 is 0 Å². The van der Waals surface area contributed by atoms with Crippen LogP contribution in [0.3, 0.4) is 0 Å². The molecule has 0 saturated carbocycles. The third-order valence-corrected chi connectivity index (χ3v) is 1.60. The highest BCUT2D eigenvalue weighted by Crippen LogP contribution is 2.26. The van der Waals surface area contributed by atoms with Crippen molar-refractivity contribution in [2.45, 2.75) is 18.9 Å². The Morgan fingerprint density at radius 3 is 3.14 bits per heavy atom. The van der Waals surface area contributed by atoms with Crippen molar-refractivity contribution in [3.05, 3.63) is 0 Å². The van der Waals surface area contributed by atoms with E-state index in [0.29, 0.717) is 0 Å². The minimum atomic E-state index is 0.814. The topological polar surface area (TPSA) is 12.2 Å². The Bertz CT molecular complexity index is 74.1. The molecule has 7 heavy (non-hydrogen) atoms. The molecule has 2 aliphatic rings. The standard InChI is InChI=1S/C5H9NO/c1-2-5-4-6(5)7-3-1/h5H,1-4H2. The molecule has 0 aromatic heterocycles. The molecule has 0 aliphatic carbocycles. The van der Waals surface area contributed by atoms with E-state index in [1.807, 2.05) is 0 Å². The van der Waals surface area contributed by atoms with E-state index in [0.717, 1.165) is 12.6 Å². The normalized spacial score (nSPS) is 48.0. The molecule has 0 bridgehead atoms. The maximum absolute atomic E-state index is 5.19. The molecule has 2 fully saturated rings. The molecule has 2 saturated heterocycles. The average molecular weight is 99.1 g/mol. The number of fused-ring (bicyclic) bond motifs is 1. The maximum atomic E-state index is 5.19. The van der Waals surface area contributed by atoms with Gasteiger partial charge in [-0.25, -0.2) is 0 Å². The van der Waals surface area contributed by atoms with Gasteiger partial charge in [0.2, 0.25) is 0 Å². The summed E-state index contributed by atoms with van der Waals surface area (Å²) >= 11 is 0. The summed E-state index contributed by atoms with van der Waals surface area (Å²) < 4.78 is 0. The summed E-state index contributed by atoms with van der Waals surface area (Å²) in [6, 6.07) is 0.814. The van der Waals surface area contributed by atoms with Gasteiger partial charge in [0.1, 0.15) is 0 Å². The highest BCUT2D eigenvalue weighted by Gasteiger charge is 2.37. The highest BCUT2D eigenvalue weighted by molar-refractivity contribution is 4.84. The molecule has 0 aromatic rings. The second kappa shape index (κ2) is 1.20. The third kappa shape index (κ3) is 0.545. The van der Waals surface area contributed by atoms with E-state index in [4.69, 9.17) is 4.84 Å². The Labute approximate surface area is 43.0 Å². The van der Waals surface area contributed by atoms with E-state index >= 15 is 0 Å². The molecule has 2 heterocycles. The van der Waals surface area contributed by atoms with E-state index in [1.54, 1.807) is 0 Å². The Kier molecular flexibility index (Phi) is 0.664. The second-order valence-electron chi connectivity index (χ2n) is 2.23. The van der Waals surface area contributed by atoms with Crippen molar-refractivity contribution in [2.24, 2.45) is 0 Å². The van der Waals surface area contributed by atoms with Crippen LogP contribution in [0.25, 0.3) is 0 Å². The van der Waals surface area contributed by atoms with Crippen molar-refractivity contribution in [2.75, 3.05) is 13.2 Å². The van der Waals surface area contributed by atoms with Crippen LogP contribution in [-0.4, -0.2) is 24.3 Å². The van der Waals surface area contributed by atoms with Crippen LogP contribution in [-0.2, 0) is 4.84 Å². The monoisotopic (exact) mass is 99.1 g/mol. The Morgan fingerprint density at radius 1 is 1.57 bits per heavy atom. The summed E-state index contributed by atoms with van der Waals surface area (Å²) in [5.41, 5.74) is 0. The molecule has 0 N–H and O–H groups in total. The zero-order valence-corrected chi connectivity index (χ0v) is 4.26. The van der Waals surface area contributed by atoms with Crippen LogP contribution in [0.2, 0.25) is 0 Å². The fourth-order valence-corrected chi connectivity index (χ4v) is 1.05. The second-order valence-corrected chi connectivity index (χ2v) is 2.23. The predicted molar refractivity (Wildman–Crippen MR) is 25.7 cm³/mol. The van der Waals surface area contributed by atoms with Crippen LogP contribution in [0, 0.1) is 0 Å². The first-order valence-corrected chi connectivity index (χ1v) is 2.86. The third-order valence-electron chi connectivity index (χ3n) is 1.60. The number of nitrogens with zero attached hydrogens (tertiary/aromatic N) is 1.